The molecular weight excluding hydrogens is 431 g/mol. The van der Waals surface area contributed by atoms with Gasteiger partial charge in [0.25, 0.3) is 0 Å². The second kappa shape index (κ2) is 12.2. The van der Waals surface area contributed by atoms with Crippen LogP contribution >= 0.6 is 23.2 Å². The van der Waals surface area contributed by atoms with E-state index in [1.807, 2.05) is 12.2 Å². The summed E-state index contributed by atoms with van der Waals surface area (Å²) in [5, 5.41) is 19.4. The van der Waals surface area contributed by atoms with Crippen molar-refractivity contribution >= 4 is 35.1 Å². The Kier molecular flexibility index (Phi) is 9.95. The number of rotatable bonds is 11. The van der Waals surface area contributed by atoms with E-state index in [9.17, 15) is 14.7 Å². The predicted molar refractivity (Wildman–Crippen MR) is 115 cm³/mol. The molecular formula is C22H28Cl2O6. The molecule has 0 saturated heterocycles. The first-order chi connectivity index (χ1) is 14.3. The monoisotopic (exact) mass is 458 g/mol. The second-order valence-corrected chi connectivity index (χ2v) is 8.52. The number of benzene rings is 1. The average molecular weight is 459 g/mol. The quantitative estimate of drug-likeness (QED) is 0.218. The number of ether oxygens (including phenoxy) is 2. The third-order valence-electron chi connectivity index (χ3n) is 5.13. The Balaban J connectivity index is 1.92. The highest BCUT2D eigenvalue weighted by molar-refractivity contribution is 6.30. The number of aliphatic carboxylic acids is 1. The highest BCUT2D eigenvalue weighted by Crippen LogP contribution is 2.39. The van der Waals surface area contributed by atoms with Crippen molar-refractivity contribution in [3.8, 4) is 5.75 Å². The maximum atomic E-state index is 11.0. The van der Waals surface area contributed by atoms with Gasteiger partial charge in [0.1, 0.15) is 12.4 Å². The molecule has 166 valence electrons. The molecule has 1 aromatic carbocycles. The first-order valence-corrected chi connectivity index (χ1v) is 10.8. The highest BCUT2D eigenvalue weighted by Gasteiger charge is 2.41. The number of carbonyl (C=O) groups is 2. The number of esters is 1. The molecule has 30 heavy (non-hydrogen) atoms. The van der Waals surface area contributed by atoms with Gasteiger partial charge in [-0.2, -0.15) is 0 Å². The van der Waals surface area contributed by atoms with Crippen LogP contribution in [0.2, 0.25) is 5.02 Å². The van der Waals surface area contributed by atoms with Gasteiger partial charge in [-0.1, -0.05) is 23.8 Å². The number of hydrogen-bond donors (Lipinski definition) is 2. The number of carboxylic acid groups (broad SMARTS) is 1. The van der Waals surface area contributed by atoms with Gasteiger partial charge in [0, 0.05) is 29.7 Å². The molecule has 1 aliphatic rings. The minimum atomic E-state index is -0.794. The molecule has 2 N–H and O–H groups in total. The van der Waals surface area contributed by atoms with Gasteiger partial charge in [-0.05, 0) is 55.4 Å². The Bertz CT molecular complexity index is 751. The fraction of sp³-hybridized carbons (Fsp3) is 0.545. The van der Waals surface area contributed by atoms with Crippen molar-refractivity contribution in [2.75, 3.05) is 6.61 Å². The highest BCUT2D eigenvalue weighted by atomic mass is 35.5. The van der Waals surface area contributed by atoms with Crippen molar-refractivity contribution in [2.45, 2.75) is 57.1 Å². The van der Waals surface area contributed by atoms with Gasteiger partial charge in [-0.25, -0.2) is 0 Å². The van der Waals surface area contributed by atoms with E-state index in [1.165, 1.54) is 6.92 Å². The van der Waals surface area contributed by atoms with E-state index in [4.69, 9.17) is 37.8 Å². The zero-order chi connectivity index (χ0) is 22.1. The first-order valence-electron chi connectivity index (χ1n) is 10.0. The van der Waals surface area contributed by atoms with E-state index >= 15 is 0 Å². The molecule has 1 saturated carbocycles. The molecule has 0 amide bonds. The summed E-state index contributed by atoms with van der Waals surface area (Å²) in [6.07, 6.45) is 6.05. The lowest BCUT2D eigenvalue weighted by Gasteiger charge is -2.23. The molecule has 4 atom stereocenters. The van der Waals surface area contributed by atoms with Crippen molar-refractivity contribution in [3.05, 3.63) is 40.9 Å². The summed E-state index contributed by atoms with van der Waals surface area (Å²) >= 11 is 12.6. The van der Waals surface area contributed by atoms with Crippen LogP contribution in [0.1, 0.15) is 44.6 Å². The molecule has 1 unspecified atom stereocenters. The van der Waals surface area contributed by atoms with Crippen molar-refractivity contribution in [1.29, 1.82) is 0 Å². The molecule has 0 aliphatic heterocycles. The molecule has 1 aromatic rings. The SMILES string of the molecule is CC(=O)OCc1cc(Cl)cc(OC[C@H]2[C@H](O)CC(Cl)[C@@H]2C/C=C\CCCC(=O)O)c1. The molecule has 1 fully saturated rings. The number of allylic oxidation sites excluding steroid dienone is 2. The Morgan fingerprint density at radius 1 is 1.23 bits per heavy atom. The van der Waals surface area contributed by atoms with Crippen LogP contribution in [0.3, 0.4) is 0 Å². The molecule has 8 heteroatoms. The fourth-order valence-electron chi connectivity index (χ4n) is 3.60. The Hall–Kier alpha value is -1.76. The third-order valence-corrected chi connectivity index (χ3v) is 5.85. The van der Waals surface area contributed by atoms with Crippen LogP contribution in [0.15, 0.2) is 30.4 Å². The minimum Gasteiger partial charge on any atom is -0.493 e. The van der Waals surface area contributed by atoms with Crippen LogP contribution in [0.4, 0.5) is 0 Å². The van der Waals surface area contributed by atoms with Crippen molar-refractivity contribution in [1.82, 2.24) is 0 Å². The summed E-state index contributed by atoms with van der Waals surface area (Å²) in [4.78, 5) is 21.6. The number of aliphatic hydroxyl groups excluding tert-OH is 1. The van der Waals surface area contributed by atoms with E-state index in [-0.39, 0.29) is 42.8 Å². The van der Waals surface area contributed by atoms with Crippen molar-refractivity contribution in [2.24, 2.45) is 11.8 Å². The molecule has 0 aromatic heterocycles. The molecule has 0 spiro atoms. The van der Waals surface area contributed by atoms with Crippen LogP contribution in [0.5, 0.6) is 5.75 Å². The topological polar surface area (TPSA) is 93.1 Å². The van der Waals surface area contributed by atoms with Crippen molar-refractivity contribution in [3.63, 3.8) is 0 Å². The first kappa shape index (κ1) is 24.5. The van der Waals surface area contributed by atoms with Gasteiger partial charge in [-0.15, -0.1) is 11.6 Å². The lowest BCUT2D eigenvalue weighted by Crippen LogP contribution is -2.27. The number of hydrogen-bond acceptors (Lipinski definition) is 5. The predicted octanol–water partition coefficient (Wildman–Crippen LogP) is 4.59. The molecule has 2 rings (SSSR count). The van der Waals surface area contributed by atoms with Gasteiger partial charge >= 0.3 is 11.9 Å². The second-order valence-electron chi connectivity index (χ2n) is 7.53. The normalized spacial score (nSPS) is 23.6. The fourth-order valence-corrected chi connectivity index (χ4v) is 4.32. The van der Waals surface area contributed by atoms with Crippen LogP contribution < -0.4 is 4.74 Å². The lowest BCUT2D eigenvalue weighted by atomic mass is 9.92. The van der Waals surface area contributed by atoms with E-state index < -0.39 is 12.1 Å². The number of carboxylic acids is 1. The largest absolute Gasteiger partial charge is 0.493 e. The van der Waals surface area contributed by atoms with Crippen LogP contribution in [0.25, 0.3) is 0 Å². The van der Waals surface area contributed by atoms with E-state index in [1.54, 1.807) is 18.2 Å². The zero-order valence-corrected chi connectivity index (χ0v) is 18.4. The summed E-state index contributed by atoms with van der Waals surface area (Å²) in [6, 6.07) is 5.13. The number of unbranched alkanes of at least 4 members (excludes halogenated alkanes) is 1. The number of alkyl halides is 1. The zero-order valence-electron chi connectivity index (χ0n) is 16.9. The summed E-state index contributed by atoms with van der Waals surface area (Å²) in [5.41, 5.74) is 0.718. The van der Waals surface area contributed by atoms with Gasteiger partial charge in [0.15, 0.2) is 0 Å². The smallest absolute Gasteiger partial charge is 0.303 e. The molecule has 6 nitrogen and oxygen atoms in total. The van der Waals surface area contributed by atoms with Crippen LogP contribution in [-0.2, 0) is 20.9 Å². The summed E-state index contributed by atoms with van der Waals surface area (Å²) in [5.74, 6) is -0.710. The summed E-state index contributed by atoms with van der Waals surface area (Å²) < 4.78 is 10.9. The summed E-state index contributed by atoms with van der Waals surface area (Å²) in [6.45, 7) is 1.74. The number of aliphatic hydroxyl groups is 1. The van der Waals surface area contributed by atoms with Gasteiger partial charge in [-0.3, -0.25) is 9.59 Å². The molecule has 1 aliphatic carbocycles. The molecule has 0 radical (unpaired) electrons. The maximum Gasteiger partial charge on any atom is 0.303 e. The standard InChI is InChI=1S/C22H28Cl2O6/c1-14(25)29-12-15-8-16(23)10-17(9-15)30-13-19-18(20(24)11-21(19)26)6-4-2-3-5-7-22(27)28/h2,4,8-10,18-21,26H,3,5-7,11-13H2,1H3,(H,27,28)/b4-2-/t18-,19-,20?,21-/m1/s1. The Morgan fingerprint density at radius 3 is 2.70 bits per heavy atom. The Labute approximate surface area is 186 Å². The number of halogens is 2. The van der Waals surface area contributed by atoms with E-state index in [2.05, 4.69) is 0 Å². The number of carbonyl (C=O) groups excluding carboxylic acids is 1. The minimum absolute atomic E-state index is 0.0529. The van der Waals surface area contributed by atoms with Gasteiger partial charge < -0.3 is 19.7 Å². The molecule has 0 bridgehead atoms. The van der Waals surface area contributed by atoms with Crippen molar-refractivity contribution < 1.29 is 29.3 Å². The van der Waals surface area contributed by atoms with Crippen LogP contribution in [0, 0.1) is 11.8 Å². The van der Waals surface area contributed by atoms with Gasteiger partial charge in [0.05, 0.1) is 12.7 Å². The van der Waals surface area contributed by atoms with Gasteiger partial charge in [0.2, 0.25) is 0 Å². The molecule has 0 heterocycles. The average Bonchev–Trinajstić information content (AvgIpc) is 2.93. The summed E-state index contributed by atoms with van der Waals surface area (Å²) in [7, 11) is 0. The Morgan fingerprint density at radius 2 is 2.00 bits per heavy atom. The lowest BCUT2D eigenvalue weighted by molar-refractivity contribution is -0.142. The third kappa shape index (κ3) is 8.17. The van der Waals surface area contributed by atoms with E-state index in [0.717, 1.165) is 5.56 Å². The van der Waals surface area contributed by atoms with Crippen LogP contribution in [-0.4, -0.2) is 40.2 Å². The maximum absolute atomic E-state index is 11.0. The van der Waals surface area contributed by atoms with E-state index in [0.29, 0.717) is 36.5 Å².